The predicted octanol–water partition coefficient (Wildman–Crippen LogP) is 2.00. The van der Waals surface area contributed by atoms with Gasteiger partial charge in [0.05, 0.1) is 18.8 Å². The van der Waals surface area contributed by atoms with Crippen molar-refractivity contribution >= 4 is 0 Å². The summed E-state index contributed by atoms with van der Waals surface area (Å²) in [4.78, 5) is 6.92. The summed E-state index contributed by atoms with van der Waals surface area (Å²) in [5.74, 6) is 3.06. The lowest BCUT2D eigenvalue weighted by Crippen LogP contribution is -2.45. The lowest BCUT2D eigenvalue weighted by atomic mass is 10.1. The van der Waals surface area contributed by atoms with Crippen molar-refractivity contribution in [3.63, 3.8) is 0 Å². The van der Waals surface area contributed by atoms with Crippen molar-refractivity contribution in [3.8, 4) is 0 Å². The van der Waals surface area contributed by atoms with Crippen LogP contribution in [-0.4, -0.2) is 39.3 Å². The Kier molecular flexibility index (Phi) is 4.13. The summed E-state index contributed by atoms with van der Waals surface area (Å²) in [5.41, 5.74) is 0.927. The third kappa shape index (κ3) is 3.79. The number of rotatable bonds is 6. The van der Waals surface area contributed by atoms with Gasteiger partial charge in [-0.05, 0) is 39.2 Å². The van der Waals surface area contributed by atoms with E-state index in [4.69, 9.17) is 9.05 Å². The molecule has 1 saturated heterocycles. The average Bonchev–Trinajstić information content (AvgIpc) is 3.16. The molecule has 4 rings (SSSR count). The molecule has 7 heteroatoms. The number of aromatic nitrogens is 3. The molecule has 0 radical (unpaired) electrons. The van der Waals surface area contributed by atoms with Crippen molar-refractivity contribution < 1.29 is 9.05 Å². The van der Waals surface area contributed by atoms with Gasteiger partial charge < -0.3 is 14.4 Å². The summed E-state index contributed by atoms with van der Waals surface area (Å²) in [7, 11) is 0. The van der Waals surface area contributed by atoms with Gasteiger partial charge in [0.25, 0.3) is 0 Å². The van der Waals surface area contributed by atoms with Gasteiger partial charge in [0, 0.05) is 24.6 Å². The van der Waals surface area contributed by atoms with Crippen molar-refractivity contribution in [1.82, 2.24) is 25.5 Å². The molecule has 0 bridgehead atoms. The predicted molar refractivity (Wildman–Crippen MR) is 82.7 cm³/mol. The molecule has 0 spiro atoms. The Morgan fingerprint density at radius 3 is 2.96 bits per heavy atom. The number of piperidine rings is 1. The molecule has 2 aromatic heterocycles. The fraction of sp³-hybridized carbons (Fsp3) is 0.688. The second-order valence-corrected chi connectivity index (χ2v) is 6.71. The molecule has 0 amide bonds. The highest BCUT2D eigenvalue weighted by atomic mass is 16.5. The van der Waals surface area contributed by atoms with E-state index in [0.29, 0.717) is 12.0 Å². The van der Waals surface area contributed by atoms with Crippen molar-refractivity contribution in [3.05, 3.63) is 29.2 Å². The SMILES string of the molecule is Cc1cc(CN[C@H]2CCCN(Cc3noc(C4CC4)n3)C2)on1. The van der Waals surface area contributed by atoms with Crippen LogP contribution in [0.4, 0.5) is 0 Å². The van der Waals surface area contributed by atoms with Crippen molar-refractivity contribution in [1.29, 1.82) is 0 Å². The van der Waals surface area contributed by atoms with Crippen molar-refractivity contribution in [2.75, 3.05) is 13.1 Å². The smallest absolute Gasteiger partial charge is 0.229 e. The van der Waals surface area contributed by atoms with Crippen LogP contribution in [0.3, 0.4) is 0 Å². The van der Waals surface area contributed by atoms with Gasteiger partial charge in [-0.1, -0.05) is 10.3 Å². The molecular formula is C16H23N5O2. The minimum atomic E-state index is 0.462. The monoisotopic (exact) mass is 317 g/mol. The number of nitrogens with zero attached hydrogens (tertiary/aromatic N) is 4. The Labute approximate surface area is 135 Å². The van der Waals surface area contributed by atoms with Crippen molar-refractivity contribution in [2.45, 2.75) is 57.7 Å². The Hall–Kier alpha value is -1.73. The molecule has 3 heterocycles. The van der Waals surface area contributed by atoms with Gasteiger partial charge in [-0.2, -0.15) is 4.98 Å². The second kappa shape index (κ2) is 6.41. The lowest BCUT2D eigenvalue weighted by Gasteiger charge is -2.32. The quantitative estimate of drug-likeness (QED) is 0.872. The molecular weight excluding hydrogens is 294 g/mol. The van der Waals surface area contributed by atoms with E-state index in [0.717, 1.165) is 49.3 Å². The molecule has 0 unspecified atom stereocenters. The van der Waals surface area contributed by atoms with Gasteiger partial charge in [0.15, 0.2) is 11.6 Å². The number of likely N-dealkylation sites (tertiary alicyclic amines) is 1. The zero-order chi connectivity index (χ0) is 15.6. The first-order valence-electron chi connectivity index (χ1n) is 8.46. The maximum Gasteiger partial charge on any atom is 0.229 e. The van der Waals surface area contributed by atoms with Crippen LogP contribution in [0.1, 0.15) is 54.8 Å². The van der Waals surface area contributed by atoms with Crippen LogP contribution >= 0.6 is 0 Å². The van der Waals surface area contributed by atoms with Crippen LogP contribution in [0.25, 0.3) is 0 Å². The minimum Gasteiger partial charge on any atom is -0.360 e. The van der Waals surface area contributed by atoms with Gasteiger partial charge in [-0.25, -0.2) is 0 Å². The van der Waals surface area contributed by atoms with E-state index in [9.17, 15) is 0 Å². The molecule has 2 fully saturated rings. The first-order valence-corrected chi connectivity index (χ1v) is 8.46. The van der Waals surface area contributed by atoms with Crippen LogP contribution in [0.5, 0.6) is 0 Å². The zero-order valence-corrected chi connectivity index (χ0v) is 13.5. The fourth-order valence-corrected chi connectivity index (χ4v) is 3.14. The molecule has 0 aromatic carbocycles. The highest BCUT2D eigenvalue weighted by Gasteiger charge is 2.30. The molecule has 1 aliphatic carbocycles. The summed E-state index contributed by atoms with van der Waals surface area (Å²) in [6, 6.07) is 2.44. The topological polar surface area (TPSA) is 80.2 Å². The van der Waals surface area contributed by atoms with Gasteiger partial charge in [0.2, 0.25) is 5.89 Å². The van der Waals surface area contributed by atoms with E-state index in [-0.39, 0.29) is 0 Å². The third-order valence-corrected chi connectivity index (χ3v) is 4.52. The highest BCUT2D eigenvalue weighted by Crippen LogP contribution is 2.38. The van der Waals surface area contributed by atoms with Crippen molar-refractivity contribution in [2.24, 2.45) is 0 Å². The van der Waals surface area contributed by atoms with E-state index in [1.54, 1.807) is 0 Å². The Morgan fingerprint density at radius 2 is 2.17 bits per heavy atom. The summed E-state index contributed by atoms with van der Waals surface area (Å²) >= 11 is 0. The summed E-state index contributed by atoms with van der Waals surface area (Å²) < 4.78 is 10.6. The molecule has 2 aromatic rings. The summed E-state index contributed by atoms with van der Waals surface area (Å²) in [5, 5.41) is 11.6. The maximum atomic E-state index is 5.34. The minimum absolute atomic E-state index is 0.462. The van der Waals surface area contributed by atoms with Crippen LogP contribution in [-0.2, 0) is 13.1 Å². The van der Waals surface area contributed by atoms with E-state index >= 15 is 0 Å². The standard InChI is InChI=1S/C16H23N5O2/c1-11-7-14(22-19-11)8-17-13-3-2-6-21(9-13)10-15-18-16(23-20-15)12-4-5-12/h7,12-13,17H,2-6,8-10H2,1H3/t13-/m0/s1. The fourth-order valence-electron chi connectivity index (χ4n) is 3.14. The molecule has 7 nitrogen and oxygen atoms in total. The molecule has 124 valence electrons. The molecule has 1 atom stereocenters. The van der Waals surface area contributed by atoms with E-state index in [1.165, 1.54) is 25.7 Å². The average molecular weight is 317 g/mol. The number of hydrogen-bond acceptors (Lipinski definition) is 7. The first kappa shape index (κ1) is 14.8. The van der Waals surface area contributed by atoms with Gasteiger partial charge in [-0.15, -0.1) is 0 Å². The maximum absolute atomic E-state index is 5.34. The van der Waals surface area contributed by atoms with E-state index in [1.807, 2.05) is 13.0 Å². The summed E-state index contributed by atoms with van der Waals surface area (Å²) in [6.45, 7) is 5.53. The molecule has 2 aliphatic rings. The summed E-state index contributed by atoms with van der Waals surface area (Å²) in [6.07, 6.45) is 4.75. The molecule has 1 aliphatic heterocycles. The largest absolute Gasteiger partial charge is 0.360 e. The first-order chi connectivity index (χ1) is 11.3. The van der Waals surface area contributed by atoms with Gasteiger partial charge in [0.1, 0.15) is 0 Å². The molecule has 1 saturated carbocycles. The van der Waals surface area contributed by atoms with Gasteiger partial charge in [-0.3, -0.25) is 4.90 Å². The Bertz CT molecular complexity index is 648. The van der Waals surface area contributed by atoms with E-state index < -0.39 is 0 Å². The lowest BCUT2D eigenvalue weighted by molar-refractivity contribution is 0.175. The molecule has 23 heavy (non-hydrogen) atoms. The highest BCUT2D eigenvalue weighted by molar-refractivity contribution is 5.03. The second-order valence-electron chi connectivity index (χ2n) is 6.71. The number of nitrogens with one attached hydrogen (secondary N) is 1. The Balaban J connectivity index is 1.27. The van der Waals surface area contributed by atoms with Crippen LogP contribution in [0.15, 0.2) is 15.1 Å². The Morgan fingerprint density at radius 1 is 1.26 bits per heavy atom. The number of hydrogen-bond donors (Lipinski definition) is 1. The number of aryl methyl sites for hydroxylation is 1. The normalized spacial score (nSPS) is 22.6. The van der Waals surface area contributed by atoms with Crippen LogP contribution < -0.4 is 5.32 Å². The zero-order valence-electron chi connectivity index (χ0n) is 13.5. The molecule has 1 N–H and O–H groups in total. The van der Waals surface area contributed by atoms with E-state index in [2.05, 4.69) is 25.5 Å². The van der Waals surface area contributed by atoms with Gasteiger partial charge >= 0.3 is 0 Å². The van der Waals surface area contributed by atoms with Crippen LogP contribution in [0, 0.1) is 6.92 Å². The third-order valence-electron chi connectivity index (χ3n) is 4.52. The van der Waals surface area contributed by atoms with Crippen LogP contribution in [0.2, 0.25) is 0 Å².